The minimum atomic E-state index is -4.88. The van der Waals surface area contributed by atoms with E-state index in [0.717, 1.165) is 44.1 Å². The molecule has 648 valence electrons. The van der Waals surface area contributed by atoms with Gasteiger partial charge in [-0.15, -0.1) is 0 Å². The standard InChI is InChI=1S/3C15H25NO6.C15H26O4S.C11H20O3.C10H20O2/c3*1-6-15(4,5)13(18)21-9-10-22-14(19)16-7-8-20-12(17)11(2)3;1-6-15(3,4)13-7-9-14(10-8-13)20(16,17,18)12(2)11-19-5;1-4-11(2,3)10(12)14-9-7-5-6-8-13-9;1-7-10(5,6)8(11)12-9(2,3)4/h3*2,6-10H2,1,3-5H3,(H,16,19);7-10,12H,6,11H2,1-5H3,(H2,16,17,18);9H,4-8H2,1-3H3;7H2,1-6H3. The van der Waals surface area contributed by atoms with Crippen LogP contribution in [0, 0.1) is 27.1 Å². The molecule has 0 radical (unpaired) electrons. The lowest BCUT2D eigenvalue weighted by molar-refractivity contribution is -0.196. The molecule has 2 unspecified atom stereocenters. The van der Waals surface area contributed by atoms with Crippen LogP contribution in [0.2, 0.25) is 0 Å². The zero-order chi connectivity index (χ0) is 87.7. The second kappa shape index (κ2) is 53.9. The van der Waals surface area contributed by atoms with Crippen molar-refractivity contribution in [1.29, 1.82) is 0 Å². The number of carbonyl (C=O) groups is 11. The summed E-state index contributed by atoms with van der Waals surface area (Å²) in [6.07, 6.45) is 5.24. The predicted octanol–water partition coefficient (Wildman–Crippen LogP) is 14.2. The van der Waals surface area contributed by atoms with E-state index in [0.29, 0.717) is 42.6 Å². The number of amides is 3. The maximum absolute atomic E-state index is 12.5. The maximum Gasteiger partial charge on any atom is 0.407 e. The summed E-state index contributed by atoms with van der Waals surface area (Å²) < 4.78 is 97.6. The Labute approximate surface area is 667 Å². The van der Waals surface area contributed by atoms with E-state index in [4.69, 9.17) is 61.6 Å². The first-order chi connectivity index (χ1) is 51.4. The Morgan fingerprint density at radius 2 is 0.759 bits per heavy atom. The zero-order valence-corrected chi connectivity index (χ0v) is 73.2. The maximum atomic E-state index is 12.5. The highest BCUT2D eigenvalue weighted by Gasteiger charge is 2.40. The minimum absolute atomic E-state index is 0.000325. The summed E-state index contributed by atoms with van der Waals surface area (Å²) >= 11 is 0. The van der Waals surface area contributed by atoms with Gasteiger partial charge >= 0.3 is 66.0 Å². The molecule has 2 rings (SSSR count). The molecule has 112 heavy (non-hydrogen) atoms. The van der Waals surface area contributed by atoms with Gasteiger partial charge in [0.25, 0.3) is 0 Å². The molecule has 1 saturated heterocycles. The highest BCUT2D eigenvalue weighted by atomic mass is 32.3. The highest BCUT2D eigenvalue weighted by Crippen LogP contribution is 2.36. The number of hydrogen-bond acceptors (Lipinski definition) is 25. The molecule has 31 heteroatoms. The molecule has 1 aromatic carbocycles. The number of methoxy groups -OCH3 is 1. The lowest BCUT2D eigenvalue weighted by Gasteiger charge is -2.37. The van der Waals surface area contributed by atoms with Gasteiger partial charge in [0, 0.05) is 30.2 Å². The summed E-state index contributed by atoms with van der Waals surface area (Å²) in [4.78, 5) is 125. The molecule has 1 fully saturated rings. The van der Waals surface area contributed by atoms with Gasteiger partial charge in [0.1, 0.15) is 74.7 Å². The van der Waals surface area contributed by atoms with Crippen LogP contribution in [-0.2, 0) is 115 Å². The Morgan fingerprint density at radius 1 is 0.455 bits per heavy atom. The average Bonchev–Trinajstić information content (AvgIpc) is 0.757. The van der Waals surface area contributed by atoms with Gasteiger partial charge in [-0.3, -0.25) is 24.0 Å². The third kappa shape index (κ3) is 48.8. The number of rotatable bonds is 38. The molecule has 0 aliphatic carbocycles. The molecule has 0 bridgehead atoms. The summed E-state index contributed by atoms with van der Waals surface area (Å²) in [5, 5.41) is 6.31. The van der Waals surface area contributed by atoms with E-state index < -0.39 is 67.3 Å². The second-order valence-electron chi connectivity index (χ2n) is 31.2. The first kappa shape index (κ1) is 110. The molecule has 2 atom stereocenters. The van der Waals surface area contributed by atoms with E-state index in [1.165, 1.54) is 46.9 Å². The molecule has 1 aromatic rings. The van der Waals surface area contributed by atoms with Crippen LogP contribution in [0.25, 0.3) is 0 Å². The molecule has 5 N–H and O–H groups in total. The summed E-state index contributed by atoms with van der Waals surface area (Å²) in [6, 6.07) is 6.68. The number of benzene rings is 1. The Balaban J connectivity index is -0.000000632. The van der Waals surface area contributed by atoms with Crippen molar-refractivity contribution >= 4 is 75.7 Å². The summed E-state index contributed by atoms with van der Waals surface area (Å²) in [6.45, 7) is 57.4. The van der Waals surface area contributed by atoms with Gasteiger partial charge in [0.05, 0.1) is 70.1 Å². The molecule has 3 amide bonds. The van der Waals surface area contributed by atoms with Crippen LogP contribution in [0.5, 0.6) is 0 Å². The Morgan fingerprint density at radius 3 is 1.03 bits per heavy atom. The molecular weight excluding hydrogens is 1480 g/mol. The van der Waals surface area contributed by atoms with E-state index in [9.17, 15) is 66.1 Å². The van der Waals surface area contributed by atoms with E-state index in [1.807, 2.05) is 83.1 Å². The van der Waals surface area contributed by atoms with Gasteiger partial charge in [-0.25, -0.2) is 33.0 Å². The molecule has 1 aliphatic heterocycles. The van der Waals surface area contributed by atoms with Crippen molar-refractivity contribution in [3.63, 3.8) is 0 Å². The number of alkyl carbamates (subject to hydrolysis) is 3. The van der Waals surface area contributed by atoms with Gasteiger partial charge in [0.15, 0.2) is 0 Å². The smallest absolute Gasteiger partial charge is 0.407 e. The molecular formula is C81H141N3O27S. The van der Waals surface area contributed by atoms with Crippen molar-refractivity contribution in [1.82, 2.24) is 16.0 Å². The lowest BCUT2D eigenvalue weighted by Crippen LogP contribution is -2.44. The Hall–Kier alpha value is -8.00. The van der Waals surface area contributed by atoms with Crippen LogP contribution in [0.3, 0.4) is 0 Å². The lowest BCUT2D eigenvalue weighted by atomic mass is 9.82. The minimum Gasteiger partial charge on any atom is -0.462 e. The molecule has 0 saturated carbocycles. The fraction of sp³-hybridized carbons (Fsp3) is 0.716. The van der Waals surface area contributed by atoms with Crippen LogP contribution < -0.4 is 16.0 Å². The van der Waals surface area contributed by atoms with Crippen molar-refractivity contribution in [2.24, 2.45) is 27.1 Å². The van der Waals surface area contributed by atoms with Crippen LogP contribution in [0.15, 0.2) is 65.6 Å². The molecule has 30 nitrogen and oxygen atoms in total. The quantitative estimate of drug-likeness (QED) is 0.0178. The van der Waals surface area contributed by atoms with E-state index in [1.54, 1.807) is 53.7 Å². The SMILES string of the molecule is C=C(C)C(=O)OCCNC(=O)OCCOC(=O)C(C)(C)CC.C=C(C)C(=O)OCCNC(=O)OCCOC(=O)C(C)(C)CC.C=C(C)C(=O)OCCNC(=O)OCCOC(=O)C(C)(C)CC.CCC(C)(C)C(=O)OC(C)(C)C.CCC(C)(C)C(=O)OC1CCCCO1.CCC(C)(C)c1ccc(S(=O)(O)(O)C(C)COC)cc1. The van der Waals surface area contributed by atoms with Crippen LogP contribution in [0.4, 0.5) is 14.4 Å². The Bertz CT molecular complexity index is 2980. The van der Waals surface area contributed by atoms with Gasteiger partial charge in [-0.05, 0) is 192 Å². The average molecular weight is 1620 g/mol. The number of carbonyl (C=O) groups excluding carboxylic acids is 11. The summed E-state index contributed by atoms with van der Waals surface area (Å²) in [5.74, 6) is -2.78. The molecule has 0 aromatic heterocycles. The normalized spacial score (nSPS) is 13.4. The third-order valence-corrected chi connectivity index (χ3v) is 20.3. The van der Waals surface area contributed by atoms with E-state index >= 15 is 0 Å². The number of hydrogen-bond donors (Lipinski definition) is 5. The molecule has 1 heterocycles. The van der Waals surface area contributed by atoms with Crippen molar-refractivity contribution < 1.29 is 128 Å². The van der Waals surface area contributed by atoms with Crippen molar-refractivity contribution in [2.75, 3.05) is 99.4 Å². The number of nitrogens with one attached hydrogen (secondary N) is 3. The van der Waals surface area contributed by atoms with Crippen LogP contribution in [-0.4, -0.2) is 196 Å². The van der Waals surface area contributed by atoms with Crippen LogP contribution >= 0.6 is 0 Å². The number of esters is 8. The van der Waals surface area contributed by atoms with Crippen molar-refractivity contribution in [2.45, 2.75) is 258 Å². The fourth-order valence-electron chi connectivity index (χ4n) is 6.98. The van der Waals surface area contributed by atoms with Gasteiger partial charge < -0.3 is 86.6 Å². The number of ether oxygens (including phenoxy) is 13. The highest BCUT2D eigenvalue weighted by molar-refractivity contribution is 8.10. The van der Waals surface area contributed by atoms with Gasteiger partial charge in [-0.2, -0.15) is 0 Å². The van der Waals surface area contributed by atoms with E-state index in [-0.39, 0.29) is 149 Å². The molecule has 0 spiro atoms. The topological polar surface area (TPSA) is 401 Å². The van der Waals surface area contributed by atoms with Crippen LogP contribution in [0.1, 0.15) is 236 Å². The summed E-state index contributed by atoms with van der Waals surface area (Å²) in [5.41, 5.74) is -0.805. The zero-order valence-electron chi connectivity index (χ0n) is 72.4. The van der Waals surface area contributed by atoms with E-state index in [2.05, 4.69) is 56.5 Å². The van der Waals surface area contributed by atoms with Crippen molar-refractivity contribution in [3.05, 3.63) is 66.3 Å². The van der Waals surface area contributed by atoms with Crippen molar-refractivity contribution in [3.8, 4) is 0 Å². The summed E-state index contributed by atoms with van der Waals surface area (Å²) in [7, 11) is -3.44. The third-order valence-electron chi connectivity index (χ3n) is 17.6. The Kier molecular flexibility index (Phi) is 53.1. The first-order valence-electron chi connectivity index (χ1n) is 37.9. The predicted molar refractivity (Wildman–Crippen MR) is 427 cm³/mol. The van der Waals surface area contributed by atoms with Gasteiger partial charge in [0.2, 0.25) is 6.29 Å². The van der Waals surface area contributed by atoms with Gasteiger partial charge in [-0.1, -0.05) is 87.3 Å². The molecule has 1 aliphatic rings. The second-order valence-corrected chi connectivity index (χ2v) is 34.3. The monoisotopic (exact) mass is 1620 g/mol. The largest absolute Gasteiger partial charge is 0.462 e. The fourth-order valence-corrected chi connectivity index (χ4v) is 8.48. The first-order valence-corrected chi connectivity index (χ1v) is 39.9.